The second kappa shape index (κ2) is 3.44. The Bertz CT molecular complexity index is 477. The van der Waals surface area contributed by atoms with E-state index in [0.717, 1.165) is 17.1 Å². The van der Waals surface area contributed by atoms with Crippen LogP contribution in [0.5, 0.6) is 0 Å². The zero-order valence-electron chi connectivity index (χ0n) is 9.71. The van der Waals surface area contributed by atoms with Gasteiger partial charge in [-0.2, -0.15) is 0 Å². The molecule has 1 saturated heterocycles. The molecule has 6 nitrogen and oxygen atoms in total. The minimum Gasteiger partial charge on any atom is -0.481 e. The molecule has 0 radical (unpaired) electrons. The number of amides is 1. The summed E-state index contributed by atoms with van der Waals surface area (Å²) in [6, 6.07) is -0.696. The van der Waals surface area contributed by atoms with Crippen molar-refractivity contribution in [1.82, 2.24) is 4.31 Å². The molecular weight excluding hydrogens is 246 g/mol. The third-order valence-corrected chi connectivity index (χ3v) is 5.89. The zero-order chi connectivity index (χ0) is 13.0. The average Bonchev–Trinajstić information content (AvgIpc) is 2.98. The molecule has 1 amide bonds. The van der Waals surface area contributed by atoms with Gasteiger partial charge in [-0.3, -0.25) is 9.59 Å². The lowest BCUT2D eigenvalue weighted by atomic mass is 10.1. The molecule has 0 aromatic carbocycles. The van der Waals surface area contributed by atoms with Gasteiger partial charge in [0.1, 0.15) is 0 Å². The van der Waals surface area contributed by atoms with Crippen LogP contribution in [0.3, 0.4) is 0 Å². The summed E-state index contributed by atoms with van der Waals surface area (Å²) in [6.07, 6.45) is 1.28. The van der Waals surface area contributed by atoms with Gasteiger partial charge < -0.3 is 5.11 Å². The number of carbonyl (C=O) groups is 2. The molecule has 0 bridgehead atoms. The number of carboxylic acids is 1. The Labute approximate surface area is 99.6 Å². The van der Waals surface area contributed by atoms with Gasteiger partial charge in [0.25, 0.3) is 15.9 Å². The van der Waals surface area contributed by atoms with Crippen molar-refractivity contribution in [1.29, 1.82) is 0 Å². The Morgan fingerprint density at radius 3 is 2.41 bits per heavy atom. The van der Waals surface area contributed by atoms with E-state index in [1.165, 1.54) is 13.8 Å². The highest BCUT2D eigenvalue weighted by Crippen LogP contribution is 2.45. The third kappa shape index (κ3) is 1.64. The first kappa shape index (κ1) is 12.3. The number of nitrogens with zero attached hydrogens (tertiary/aromatic N) is 1. The maximum atomic E-state index is 11.9. The number of rotatable bonds is 4. The summed E-state index contributed by atoms with van der Waals surface area (Å²) in [7, 11) is -3.68. The van der Waals surface area contributed by atoms with E-state index >= 15 is 0 Å². The molecule has 2 fully saturated rings. The molecule has 96 valence electrons. The SMILES string of the molecule is CC1(C)C(=O)N(C(CC(=O)O)C2CC2)S1(=O)=O. The highest BCUT2D eigenvalue weighted by atomic mass is 32.2. The smallest absolute Gasteiger partial charge is 0.305 e. The largest absolute Gasteiger partial charge is 0.481 e. The zero-order valence-corrected chi connectivity index (χ0v) is 10.5. The normalized spacial score (nSPS) is 27.4. The molecule has 0 aromatic heterocycles. The summed E-state index contributed by atoms with van der Waals surface area (Å²) in [5.41, 5.74) is 0. The Hall–Kier alpha value is -1.11. The lowest BCUT2D eigenvalue weighted by Gasteiger charge is -2.46. The van der Waals surface area contributed by atoms with E-state index in [1.807, 2.05) is 0 Å². The van der Waals surface area contributed by atoms with E-state index in [1.54, 1.807) is 0 Å². The van der Waals surface area contributed by atoms with Crippen molar-refractivity contribution in [2.75, 3.05) is 0 Å². The number of sulfonamides is 1. The maximum Gasteiger partial charge on any atom is 0.305 e. The van der Waals surface area contributed by atoms with Gasteiger partial charge in [0.05, 0.1) is 12.5 Å². The highest BCUT2D eigenvalue weighted by molar-refractivity contribution is 7.94. The van der Waals surface area contributed by atoms with Crippen molar-refractivity contribution in [3.05, 3.63) is 0 Å². The standard InChI is InChI=1S/C10H15NO5S/c1-10(2)9(14)11(17(10,15)16)7(5-8(12)13)6-3-4-6/h6-7H,3-5H2,1-2H3,(H,12,13). The van der Waals surface area contributed by atoms with Crippen LogP contribution < -0.4 is 0 Å². The maximum absolute atomic E-state index is 11.9. The van der Waals surface area contributed by atoms with Crippen LogP contribution >= 0.6 is 0 Å². The summed E-state index contributed by atoms with van der Waals surface area (Å²) < 4.78 is 23.3. The Balaban J connectivity index is 2.27. The van der Waals surface area contributed by atoms with Crippen LogP contribution in [0.15, 0.2) is 0 Å². The number of carbonyl (C=O) groups excluding carboxylic acids is 1. The average molecular weight is 261 g/mol. The lowest BCUT2D eigenvalue weighted by molar-refractivity contribution is -0.140. The van der Waals surface area contributed by atoms with Crippen molar-refractivity contribution >= 4 is 21.9 Å². The first-order valence-electron chi connectivity index (χ1n) is 5.50. The van der Waals surface area contributed by atoms with Crippen molar-refractivity contribution in [3.8, 4) is 0 Å². The predicted molar refractivity (Wildman–Crippen MR) is 58.6 cm³/mol. The summed E-state index contributed by atoms with van der Waals surface area (Å²) in [5, 5.41) is 8.78. The highest BCUT2D eigenvalue weighted by Gasteiger charge is 2.63. The van der Waals surface area contributed by atoms with E-state index in [-0.39, 0.29) is 12.3 Å². The lowest BCUT2D eigenvalue weighted by Crippen LogP contribution is -2.70. The Morgan fingerprint density at radius 2 is 2.06 bits per heavy atom. The number of hydrogen-bond donors (Lipinski definition) is 1. The minimum absolute atomic E-state index is 0.0147. The number of hydrogen-bond acceptors (Lipinski definition) is 4. The number of aliphatic carboxylic acids is 1. The third-order valence-electron chi connectivity index (χ3n) is 3.47. The molecule has 2 rings (SSSR count). The molecular formula is C10H15NO5S. The van der Waals surface area contributed by atoms with Crippen LogP contribution in [0.1, 0.15) is 33.1 Å². The predicted octanol–water partition coefficient (Wildman–Crippen LogP) is 0.190. The molecule has 17 heavy (non-hydrogen) atoms. The van der Waals surface area contributed by atoms with E-state index in [4.69, 9.17) is 5.11 Å². The van der Waals surface area contributed by atoms with Gasteiger partial charge in [0, 0.05) is 0 Å². The van der Waals surface area contributed by atoms with E-state index in [9.17, 15) is 18.0 Å². The second-order valence-electron chi connectivity index (χ2n) is 5.12. The fraction of sp³-hybridized carbons (Fsp3) is 0.800. The quantitative estimate of drug-likeness (QED) is 0.780. The minimum atomic E-state index is -3.68. The summed E-state index contributed by atoms with van der Waals surface area (Å²) >= 11 is 0. The Morgan fingerprint density at radius 1 is 1.53 bits per heavy atom. The first-order valence-corrected chi connectivity index (χ1v) is 6.94. The van der Waals surface area contributed by atoms with Crippen molar-refractivity contribution in [2.24, 2.45) is 5.92 Å². The van der Waals surface area contributed by atoms with Gasteiger partial charge in [0.15, 0.2) is 4.75 Å². The van der Waals surface area contributed by atoms with Gasteiger partial charge in [-0.15, -0.1) is 0 Å². The molecule has 1 unspecified atom stereocenters. The molecule has 1 atom stereocenters. The Kier molecular flexibility index (Phi) is 2.50. The number of carboxylic acid groups (broad SMARTS) is 1. The molecule has 0 spiro atoms. The molecule has 0 aromatic rings. The van der Waals surface area contributed by atoms with Crippen molar-refractivity contribution < 1.29 is 23.1 Å². The fourth-order valence-electron chi connectivity index (χ4n) is 2.12. The van der Waals surface area contributed by atoms with E-state index < -0.39 is 32.7 Å². The molecule has 7 heteroatoms. The van der Waals surface area contributed by atoms with Gasteiger partial charge >= 0.3 is 5.97 Å². The van der Waals surface area contributed by atoms with Crippen molar-refractivity contribution in [2.45, 2.75) is 43.9 Å². The van der Waals surface area contributed by atoms with Crippen LogP contribution in [0.2, 0.25) is 0 Å². The van der Waals surface area contributed by atoms with Crippen LogP contribution in [-0.4, -0.2) is 40.5 Å². The fourth-order valence-corrected chi connectivity index (χ4v) is 3.85. The summed E-state index contributed by atoms with van der Waals surface area (Å²) in [6.45, 7) is 2.71. The summed E-state index contributed by atoms with van der Waals surface area (Å²) in [5.74, 6) is -1.55. The monoisotopic (exact) mass is 261 g/mol. The molecule has 1 saturated carbocycles. The van der Waals surface area contributed by atoms with Crippen LogP contribution in [0.4, 0.5) is 0 Å². The van der Waals surface area contributed by atoms with Crippen LogP contribution in [0, 0.1) is 5.92 Å². The summed E-state index contributed by atoms with van der Waals surface area (Å²) in [4.78, 5) is 22.5. The van der Waals surface area contributed by atoms with Crippen LogP contribution in [0.25, 0.3) is 0 Å². The molecule has 1 aliphatic heterocycles. The van der Waals surface area contributed by atoms with Gasteiger partial charge in [-0.05, 0) is 32.6 Å². The van der Waals surface area contributed by atoms with Gasteiger partial charge in [0.2, 0.25) is 0 Å². The second-order valence-corrected chi connectivity index (χ2v) is 7.48. The van der Waals surface area contributed by atoms with E-state index in [2.05, 4.69) is 0 Å². The van der Waals surface area contributed by atoms with Gasteiger partial charge in [-0.1, -0.05) is 0 Å². The first-order chi connectivity index (χ1) is 7.69. The van der Waals surface area contributed by atoms with Gasteiger partial charge in [-0.25, -0.2) is 12.7 Å². The molecule has 2 aliphatic rings. The molecule has 1 aliphatic carbocycles. The molecule has 1 N–H and O–H groups in total. The van der Waals surface area contributed by atoms with E-state index in [0.29, 0.717) is 0 Å². The van der Waals surface area contributed by atoms with Crippen molar-refractivity contribution in [3.63, 3.8) is 0 Å². The topological polar surface area (TPSA) is 91.8 Å². The molecule has 1 heterocycles. The van der Waals surface area contributed by atoms with Crippen LogP contribution in [-0.2, 0) is 19.6 Å².